The first-order chi connectivity index (χ1) is 8.08. The van der Waals surface area contributed by atoms with Crippen LogP contribution < -0.4 is 5.32 Å². The first-order valence-electron chi connectivity index (χ1n) is 5.47. The molecule has 0 radical (unpaired) electrons. The van der Waals surface area contributed by atoms with E-state index in [1.807, 2.05) is 11.4 Å². The van der Waals surface area contributed by atoms with Crippen LogP contribution in [-0.4, -0.2) is 4.98 Å². The van der Waals surface area contributed by atoms with Crippen LogP contribution in [0.2, 0.25) is 0 Å². The molecule has 2 rings (SSSR count). The number of aromatic nitrogens is 1. The van der Waals surface area contributed by atoms with E-state index in [0.29, 0.717) is 6.54 Å². The van der Waals surface area contributed by atoms with Gasteiger partial charge < -0.3 is 5.32 Å². The SMILES string of the molecule is CC(C)(NCc1cccc(F)c1)c1nccs1. The van der Waals surface area contributed by atoms with Gasteiger partial charge in [0, 0.05) is 18.1 Å². The molecule has 90 valence electrons. The molecule has 1 N–H and O–H groups in total. The molecule has 0 saturated carbocycles. The van der Waals surface area contributed by atoms with Gasteiger partial charge in [0.1, 0.15) is 10.8 Å². The van der Waals surface area contributed by atoms with Crippen molar-refractivity contribution in [3.8, 4) is 0 Å². The zero-order chi connectivity index (χ0) is 12.3. The highest BCUT2D eigenvalue weighted by molar-refractivity contribution is 7.09. The Balaban J connectivity index is 2.03. The molecular formula is C13H15FN2S. The number of benzene rings is 1. The molecule has 1 aromatic carbocycles. The number of halogens is 1. The second-order valence-electron chi connectivity index (χ2n) is 4.45. The standard InChI is InChI=1S/C13H15FN2S/c1-13(2,12-15-6-7-17-12)16-9-10-4-3-5-11(14)8-10/h3-8,16H,9H2,1-2H3. The highest BCUT2D eigenvalue weighted by Crippen LogP contribution is 2.22. The lowest BCUT2D eigenvalue weighted by Gasteiger charge is -2.23. The van der Waals surface area contributed by atoms with Gasteiger partial charge in [0.15, 0.2) is 0 Å². The van der Waals surface area contributed by atoms with Gasteiger partial charge in [0.2, 0.25) is 0 Å². The number of hydrogen-bond acceptors (Lipinski definition) is 3. The van der Waals surface area contributed by atoms with Crippen molar-refractivity contribution < 1.29 is 4.39 Å². The smallest absolute Gasteiger partial charge is 0.123 e. The molecule has 0 amide bonds. The van der Waals surface area contributed by atoms with Gasteiger partial charge in [0.05, 0.1) is 5.54 Å². The van der Waals surface area contributed by atoms with Crippen LogP contribution in [0.5, 0.6) is 0 Å². The number of nitrogens with zero attached hydrogens (tertiary/aromatic N) is 1. The maximum absolute atomic E-state index is 13.0. The van der Waals surface area contributed by atoms with Crippen LogP contribution in [0.3, 0.4) is 0 Å². The maximum Gasteiger partial charge on any atom is 0.123 e. The van der Waals surface area contributed by atoms with Gasteiger partial charge in [-0.3, -0.25) is 0 Å². The number of rotatable bonds is 4. The van der Waals surface area contributed by atoms with Crippen LogP contribution in [0.1, 0.15) is 24.4 Å². The van der Waals surface area contributed by atoms with E-state index in [0.717, 1.165) is 10.6 Å². The summed E-state index contributed by atoms with van der Waals surface area (Å²) < 4.78 is 13.0. The van der Waals surface area contributed by atoms with Crippen molar-refractivity contribution in [2.45, 2.75) is 25.9 Å². The van der Waals surface area contributed by atoms with E-state index < -0.39 is 0 Å². The second-order valence-corrected chi connectivity index (χ2v) is 5.34. The monoisotopic (exact) mass is 250 g/mol. The van der Waals surface area contributed by atoms with Gasteiger partial charge in [-0.25, -0.2) is 9.37 Å². The van der Waals surface area contributed by atoms with Crippen LogP contribution in [0.15, 0.2) is 35.8 Å². The molecule has 2 nitrogen and oxygen atoms in total. The molecule has 0 bridgehead atoms. The zero-order valence-corrected chi connectivity index (χ0v) is 10.7. The summed E-state index contributed by atoms with van der Waals surface area (Å²) in [6.45, 7) is 4.78. The first-order valence-corrected chi connectivity index (χ1v) is 6.35. The Labute approximate surface area is 105 Å². The fraction of sp³-hybridized carbons (Fsp3) is 0.308. The molecule has 0 spiro atoms. The third-order valence-corrected chi connectivity index (χ3v) is 3.69. The van der Waals surface area contributed by atoms with Crippen molar-refractivity contribution >= 4 is 11.3 Å². The molecule has 17 heavy (non-hydrogen) atoms. The lowest BCUT2D eigenvalue weighted by atomic mass is 10.1. The number of nitrogens with one attached hydrogen (secondary N) is 1. The van der Waals surface area contributed by atoms with Gasteiger partial charge in [0.25, 0.3) is 0 Å². The summed E-state index contributed by atoms with van der Waals surface area (Å²) in [4.78, 5) is 4.30. The molecule has 0 aliphatic rings. The lowest BCUT2D eigenvalue weighted by Crippen LogP contribution is -2.35. The molecule has 1 heterocycles. The van der Waals surface area contributed by atoms with Crippen molar-refractivity contribution in [2.75, 3.05) is 0 Å². The average molecular weight is 250 g/mol. The molecule has 4 heteroatoms. The zero-order valence-electron chi connectivity index (χ0n) is 9.90. The van der Waals surface area contributed by atoms with Gasteiger partial charge in [-0.2, -0.15) is 0 Å². The third-order valence-electron chi connectivity index (χ3n) is 2.59. The van der Waals surface area contributed by atoms with Crippen LogP contribution in [-0.2, 0) is 12.1 Å². The Hall–Kier alpha value is -1.26. The molecule has 0 saturated heterocycles. The normalized spacial score (nSPS) is 11.7. The largest absolute Gasteiger partial charge is 0.302 e. The van der Waals surface area contributed by atoms with Crippen LogP contribution >= 0.6 is 11.3 Å². The van der Waals surface area contributed by atoms with Crippen LogP contribution in [0.4, 0.5) is 4.39 Å². The molecule has 0 aliphatic carbocycles. The molecule has 0 atom stereocenters. The minimum atomic E-state index is -0.198. The van der Waals surface area contributed by atoms with Gasteiger partial charge in [-0.05, 0) is 31.5 Å². The van der Waals surface area contributed by atoms with Crippen LogP contribution in [0, 0.1) is 5.82 Å². The fourth-order valence-corrected chi connectivity index (χ4v) is 2.32. The van der Waals surface area contributed by atoms with Gasteiger partial charge in [-0.15, -0.1) is 11.3 Å². The Morgan fingerprint density at radius 2 is 2.24 bits per heavy atom. The molecule has 2 aromatic rings. The molecule has 0 aliphatic heterocycles. The quantitative estimate of drug-likeness (QED) is 0.900. The van der Waals surface area contributed by atoms with E-state index in [1.54, 1.807) is 29.7 Å². The summed E-state index contributed by atoms with van der Waals surface area (Å²) in [7, 11) is 0. The Morgan fingerprint density at radius 1 is 1.41 bits per heavy atom. The Kier molecular flexibility index (Phi) is 3.54. The van der Waals surface area contributed by atoms with Crippen molar-refractivity contribution in [3.05, 3.63) is 52.2 Å². The molecule has 1 aromatic heterocycles. The Morgan fingerprint density at radius 3 is 2.88 bits per heavy atom. The minimum Gasteiger partial charge on any atom is -0.302 e. The number of thiazole rings is 1. The van der Waals surface area contributed by atoms with E-state index >= 15 is 0 Å². The topological polar surface area (TPSA) is 24.9 Å². The van der Waals surface area contributed by atoms with Crippen molar-refractivity contribution in [2.24, 2.45) is 0 Å². The van der Waals surface area contributed by atoms with E-state index in [4.69, 9.17) is 0 Å². The van der Waals surface area contributed by atoms with Crippen molar-refractivity contribution in [1.82, 2.24) is 10.3 Å². The third kappa shape index (κ3) is 3.11. The van der Waals surface area contributed by atoms with Gasteiger partial charge in [-0.1, -0.05) is 12.1 Å². The predicted molar refractivity (Wildman–Crippen MR) is 68.4 cm³/mol. The predicted octanol–water partition coefficient (Wildman–Crippen LogP) is 3.31. The Bertz CT molecular complexity index is 480. The minimum absolute atomic E-state index is 0.194. The first kappa shape index (κ1) is 12.2. The fourth-order valence-electron chi connectivity index (χ4n) is 1.58. The summed E-state index contributed by atoms with van der Waals surface area (Å²) in [5.41, 5.74) is 0.746. The van der Waals surface area contributed by atoms with Crippen LogP contribution in [0.25, 0.3) is 0 Å². The maximum atomic E-state index is 13.0. The summed E-state index contributed by atoms with van der Waals surface area (Å²) in [5.74, 6) is -0.198. The highest BCUT2D eigenvalue weighted by Gasteiger charge is 2.22. The van der Waals surface area contributed by atoms with Crippen molar-refractivity contribution in [1.29, 1.82) is 0 Å². The lowest BCUT2D eigenvalue weighted by molar-refractivity contribution is 0.399. The van der Waals surface area contributed by atoms with Crippen molar-refractivity contribution in [3.63, 3.8) is 0 Å². The summed E-state index contributed by atoms with van der Waals surface area (Å²) in [5, 5.41) is 6.38. The molecule has 0 unspecified atom stereocenters. The number of hydrogen-bond donors (Lipinski definition) is 1. The molecule has 0 fully saturated rings. The van der Waals surface area contributed by atoms with E-state index in [9.17, 15) is 4.39 Å². The van der Waals surface area contributed by atoms with E-state index in [2.05, 4.69) is 24.1 Å². The highest BCUT2D eigenvalue weighted by atomic mass is 32.1. The average Bonchev–Trinajstić information content (AvgIpc) is 2.81. The second kappa shape index (κ2) is 4.94. The van der Waals surface area contributed by atoms with Gasteiger partial charge >= 0.3 is 0 Å². The summed E-state index contributed by atoms with van der Waals surface area (Å²) in [6.07, 6.45) is 1.80. The summed E-state index contributed by atoms with van der Waals surface area (Å²) >= 11 is 1.62. The summed E-state index contributed by atoms with van der Waals surface area (Å²) in [6, 6.07) is 6.64. The van der Waals surface area contributed by atoms with E-state index in [-0.39, 0.29) is 11.4 Å². The van der Waals surface area contributed by atoms with E-state index in [1.165, 1.54) is 6.07 Å². The molecular weight excluding hydrogens is 235 g/mol.